The van der Waals surface area contributed by atoms with Crippen LogP contribution in [0.15, 0.2) is 42.6 Å². The highest BCUT2D eigenvalue weighted by Gasteiger charge is 2.11. The third kappa shape index (κ3) is 3.06. The van der Waals surface area contributed by atoms with Gasteiger partial charge in [0.25, 0.3) is 5.91 Å². The van der Waals surface area contributed by atoms with Crippen LogP contribution in [0.3, 0.4) is 0 Å². The Kier molecular flexibility index (Phi) is 4.16. The van der Waals surface area contributed by atoms with Crippen LogP contribution in [0.25, 0.3) is 5.82 Å². The number of benzene rings is 1. The Morgan fingerprint density at radius 2 is 1.88 bits per heavy atom. The summed E-state index contributed by atoms with van der Waals surface area (Å²) >= 11 is 0. The van der Waals surface area contributed by atoms with Gasteiger partial charge in [-0.1, -0.05) is 12.1 Å². The van der Waals surface area contributed by atoms with Gasteiger partial charge >= 0.3 is 0 Å². The van der Waals surface area contributed by atoms with Crippen LogP contribution in [0.5, 0.6) is 0 Å². The zero-order valence-corrected chi connectivity index (χ0v) is 14.3. The molecule has 1 amide bonds. The highest BCUT2D eigenvalue weighted by atomic mass is 16.1. The minimum absolute atomic E-state index is 0.128. The lowest BCUT2D eigenvalue weighted by Gasteiger charge is -2.10. The predicted molar refractivity (Wildman–Crippen MR) is 94.7 cm³/mol. The molecule has 122 valence electrons. The smallest absolute Gasteiger partial charge is 0.255 e. The van der Waals surface area contributed by atoms with E-state index in [0.717, 1.165) is 28.3 Å². The summed E-state index contributed by atoms with van der Waals surface area (Å²) in [5, 5.41) is 7.30. The lowest BCUT2D eigenvalue weighted by atomic mass is 10.0. The van der Waals surface area contributed by atoms with Gasteiger partial charge in [0.05, 0.1) is 17.6 Å². The first kappa shape index (κ1) is 15.9. The fourth-order valence-corrected chi connectivity index (χ4v) is 2.64. The first-order valence-electron chi connectivity index (χ1n) is 7.83. The molecule has 0 unspecified atom stereocenters. The maximum Gasteiger partial charge on any atom is 0.255 e. The topological polar surface area (TPSA) is 59.8 Å². The summed E-state index contributed by atoms with van der Waals surface area (Å²) in [6, 6.07) is 11.4. The highest BCUT2D eigenvalue weighted by Crippen LogP contribution is 2.16. The maximum atomic E-state index is 12.4. The van der Waals surface area contributed by atoms with Gasteiger partial charge in [-0.25, -0.2) is 9.67 Å². The molecule has 2 aromatic heterocycles. The number of hydrogen-bond acceptors (Lipinski definition) is 3. The Morgan fingerprint density at radius 1 is 1.08 bits per heavy atom. The summed E-state index contributed by atoms with van der Waals surface area (Å²) in [7, 11) is 0. The number of aryl methyl sites for hydroxylation is 3. The Bertz CT molecular complexity index is 894. The molecule has 3 rings (SSSR count). The summed E-state index contributed by atoms with van der Waals surface area (Å²) in [5.74, 6) is 0.599. The van der Waals surface area contributed by atoms with Crippen LogP contribution in [0.2, 0.25) is 0 Å². The normalized spacial score (nSPS) is 10.7. The first-order valence-corrected chi connectivity index (χ1v) is 7.83. The molecule has 0 aliphatic rings. The second kappa shape index (κ2) is 6.28. The number of rotatable bonds is 3. The molecule has 2 heterocycles. The second-order valence-electron chi connectivity index (χ2n) is 5.95. The third-order valence-electron chi connectivity index (χ3n) is 4.08. The molecule has 0 radical (unpaired) electrons. The van der Waals surface area contributed by atoms with Gasteiger partial charge in [0.15, 0.2) is 5.82 Å². The Balaban J connectivity index is 1.80. The zero-order chi connectivity index (χ0) is 17.3. The van der Waals surface area contributed by atoms with Crippen LogP contribution in [0.1, 0.15) is 32.9 Å². The molecule has 5 nitrogen and oxygen atoms in total. The highest BCUT2D eigenvalue weighted by molar-refractivity contribution is 6.05. The Hall–Kier alpha value is -2.95. The lowest BCUT2D eigenvalue weighted by Crippen LogP contribution is -2.14. The number of carbonyl (C=O) groups is 1. The minimum Gasteiger partial charge on any atom is -0.321 e. The number of anilines is 1. The minimum atomic E-state index is -0.128. The first-order chi connectivity index (χ1) is 11.5. The van der Waals surface area contributed by atoms with E-state index in [1.165, 1.54) is 0 Å². The van der Waals surface area contributed by atoms with E-state index in [1.54, 1.807) is 10.9 Å². The predicted octanol–water partition coefficient (Wildman–Crippen LogP) is 3.75. The maximum absolute atomic E-state index is 12.4. The Labute approximate surface area is 141 Å². The molecule has 0 bridgehead atoms. The standard InChI is InChI=1S/C19H20N4O/c1-12-6-5-7-17(15(12)4)19(24)21-16-8-9-18(20-11-16)23-14(3)10-13(2)22-23/h5-11H,1-4H3,(H,21,24). The largest absolute Gasteiger partial charge is 0.321 e. The van der Waals surface area contributed by atoms with Crippen molar-refractivity contribution < 1.29 is 4.79 Å². The van der Waals surface area contributed by atoms with E-state index in [9.17, 15) is 4.79 Å². The molecule has 1 N–H and O–H groups in total. The number of amides is 1. The van der Waals surface area contributed by atoms with Crippen molar-refractivity contribution in [2.75, 3.05) is 5.32 Å². The zero-order valence-electron chi connectivity index (χ0n) is 14.3. The van der Waals surface area contributed by atoms with Crippen molar-refractivity contribution in [1.29, 1.82) is 0 Å². The van der Waals surface area contributed by atoms with E-state index in [2.05, 4.69) is 15.4 Å². The van der Waals surface area contributed by atoms with E-state index >= 15 is 0 Å². The summed E-state index contributed by atoms with van der Waals surface area (Å²) in [6.07, 6.45) is 1.65. The number of carbonyl (C=O) groups excluding carboxylic acids is 1. The van der Waals surface area contributed by atoms with Crippen LogP contribution in [-0.2, 0) is 0 Å². The molecular formula is C19H20N4O. The molecule has 3 aromatic rings. The van der Waals surface area contributed by atoms with Gasteiger partial charge in [-0.3, -0.25) is 4.79 Å². The van der Waals surface area contributed by atoms with Crippen molar-refractivity contribution >= 4 is 11.6 Å². The van der Waals surface area contributed by atoms with Gasteiger partial charge in [-0.15, -0.1) is 0 Å². The molecule has 0 aliphatic carbocycles. The van der Waals surface area contributed by atoms with Crippen LogP contribution in [-0.4, -0.2) is 20.7 Å². The van der Waals surface area contributed by atoms with Crippen LogP contribution in [0, 0.1) is 27.7 Å². The molecule has 24 heavy (non-hydrogen) atoms. The lowest BCUT2D eigenvalue weighted by molar-refractivity contribution is 0.102. The molecule has 0 fully saturated rings. The average molecular weight is 320 g/mol. The Morgan fingerprint density at radius 3 is 2.50 bits per heavy atom. The van der Waals surface area contributed by atoms with Crippen molar-refractivity contribution in [3.8, 4) is 5.82 Å². The fourth-order valence-electron chi connectivity index (χ4n) is 2.64. The molecule has 5 heteroatoms. The van der Waals surface area contributed by atoms with Gasteiger partial charge in [0.1, 0.15) is 0 Å². The van der Waals surface area contributed by atoms with Crippen molar-refractivity contribution in [3.63, 3.8) is 0 Å². The molecule has 0 saturated heterocycles. The van der Waals surface area contributed by atoms with Crippen LogP contribution in [0.4, 0.5) is 5.69 Å². The van der Waals surface area contributed by atoms with Crippen molar-refractivity contribution in [2.45, 2.75) is 27.7 Å². The second-order valence-corrected chi connectivity index (χ2v) is 5.95. The summed E-state index contributed by atoms with van der Waals surface area (Å²) in [4.78, 5) is 16.8. The van der Waals surface area contributed by atoms with Gasteiger partial charge in [-0.2, -0.15) is 5.10 Å². The van der Waals surface area contributed by atoms with E-state index in [4.69, 9.17) is 0 Å². The molecule has 0 spiro atoms. The van der Waals surface area contributed by atoms with Gasteiger partial charge < -0.3 is 5.32 Å². The molecule has 0 aliphatic heterocycles. The van der Waals surface area contributed by atoms with Crippen molar-refractivity contribution in [2.24, 2.45) is 0 Å². The fraction of sp³-hybridized carbons (Fsp3) is 0.211. The van der Waals surface area contributed by atoms with E-state index < -0.39 is 0 Å². The number of aromatic nitrogens is 3. The number of hydrogen-bond donors (Lipinski definition) is 1. The van der Waals surface area contributed by atoms with Crippen molar-refractivity contribution in [3.05, 3.63) is 70.7 Å². The van der Waals surface area contributed by atoms with Crippen molar-refractivity contribution in [1.82, 2.24) is 14.8 Å². The SMILES string of the molecule is Cc1cc(C)n(-c2ccc(NC(=O)c3cccc(C)c3C)cn2)n1. The number of nitrogens with zero attached hydrogens (tertiary/aromatic N) is 3. The van der Waals surface area contributed by atoms with E-state index in [0.29, 0.717) is 11.3 Å². The quantitative estimate of drug-likeness (QED) is 0.799. The average Bonchev–Trinajstić information content (AvgIpc) is 2.89. The molecule has 1 aromatic carbocycles. The van der Waals surface area contributed by atoms with Gasteiger partial charge in [-0.05, 0) is 63.1 Å². The number of nitrogens with one attached hydrogen (secondary N) is 1. The van der Waals surface area contributed by atoms with Gasteiger partial charge in [0.2, 0.25) is 0 Å². The van der Waals surface area contributed by atoms with E-state index in [1.807, 2.05) is 64.1 Å². The van der Waals surface area contributed by atoms with Crippen LogP contribution < -0.4 is 5.32 Å². The molecule has 0 atom stereocenters. The summed E-state index contributed by atoms with van der Waals surface area (Å²) < 4.78 is 1.78. The monoisotopic (exact) mass is 320 g/mol. The summed E-state index contributed by atoms with van der Waals surface area (Å²) in [5.41, 5.74) is 5.39. The molecule has 0 saturated carbocycles. The number of pyridine rings is 1. The molecular weight excluding hydrogens is 300 g/mol. The summed E-state index contributed by atoms with van der Waals surface area (Å²) in [6.45, 7) is 7.88. The third-order valence-corrected chi connectivity index (χ3v) is 4.08. The van der Waals surface area contributed by atoms with Gasteiger partial charge in [0, 0.05) is 11.3 Å². The van der Waals surface area contributed by atoms with E-state index in [-0.39, 0.29) is 5.91 Å². The van der Waals surface area contributed by atoms with Crippen LogP contribution >= 0.6 is 0 Å².